The molecule has 1 fully saturated rings. The summed E-state index contributed by atoms with van der Waals surface area (Å²) in [6, 6.07) is 17.8. The van der Waals surface area contributed by atoms with E-state index < -0.39 is 23.7 Å². The molecular formula is C36H32N4O6. The van der Waals surface area contributed by atoms with Gasteiger partial charge in [-0.3, -0.25) is 24.1 Å². The van der Waals surface area contributed by atoms with Crippen LogP contribution in [0.5, 0.6) is 0 Å². The van der Waals surface area contributed by atoms with Crippen molar-refractivity contribution in [3.8, 4) is 0 Å². The number of allylic oxidation sites excluding steroid dienone is 6. The third kappa shape index (κ3) is 4.76. The second-order valence-corrected chi connectivity index (χ2v) is 12.3. The lowest BCUT2D eigenvalue weighted by atomic mass is 9.60. The average Bonchev–Trinajstić information content (AvgIpc) is 3.64. The fourth-order valence-corrected chi connectivity index (χ4v) is 7.20. The molecule has 4 aliphatic rings. The van der Waals surface area contributed by atoms with Gasteiger partial charge in [0.2, 0.25) is 11.8 Å². The molecule has 2 amide bonds. The maximum Gasteiger partial charge on any atom is 0.238 e. The Kier molecular flexibility index (Phi) is 7.24. The van der Waals surface area contributed by atoms with Crippen molar-refractivity contribution in [3.05, 3.63) is 107 Å². The molecule has 10 heteroatoms. The number of hydrogen-bond donors (Lipinski definition) is 1. The van der Waals surface area contributed by atoms with Crippen molar-refractivity contribution in [2.45, 2.75) is 32.3 Å². The van der Waals surface area contributed by atoms with Gasteiger partial charge < -0.3 is 14.4 Å². The van der Waals surface area contributed by atoms with Crippen molar-refractivity contribution >= 4 is 46.1 Å². The van der Waals surface area contributed by atoms with Crippen molar-refractivity contribution in [3.63, 3.8) is 0 Å². The Labute approximate surface area is 265 Å². The predicted molar refractivity (Wildman–Crippen MR) is 170 cm³/mol. The van der Waals surface area contributed by atoms with E-state index in [9.17, 15) is 24.3 Å². The van der Waals surface area contributed by atoms with Crippen LogP contribution in [-0.4, -0.2) is 42.6 Å². The van der Waals surface area contributed by atoms with Gasteiger partial charge >= 0.3 is 0 Å². The highest BCUT2D eigenvalue weighted by molar-refractivity contribution is 6.25. The second-order valence-electron chi connectivity index (χ2n) is 12.3. The number of furan rings is 1. The van der Waals surface area contributed by atoms with Gasteiger partial charge in [0.05, 0.1) is 34.8 Å². The maximum atomic E-state index is 14.1. The number of nitrogens with zero attached hydrogens (tertiary/aromatic N) is 4. The number of carbonyl (C=O) groups is 4. The summed E-state index contributed by atoms with van der Waals surface area (Å²) < 4.78 is 5.91. The van der Waals surface area contributed by atoms with E-state index in [0.29, 0.717) is 51.7 Å². The number of amides is 2. The number of ketones is 2. The molecule has 4 atom stereocenters. The molecule has 0 unspecified atom stereocenters. The zero-order valence-corrected chi connectivity index (χ0v) is 25.6. The van der Waals surface area contributed by atoms with Crippen LogP contribution < -0.4 is 9.80 Å². The smallest absolute Gasteiger partial charge is 0.238 e. The first kappa shape index (κ1) is 29.5. The first-order valence-corrected chi connectivity index (χ1v) is 15.2. The second kappa shape index (κ2) is 11.3. The van der Waals surface area contributed by atoms with Gasteiger partial charge in [0.25, 0.3) is 0 Å². The molecule has 0 spiro atoms. The number of azo groups is 1. The molecular weight excluding hydrogens is 584 g/mol. The average molecular weight is 617 g/mol. The molecule has 232 valence electrons. The van der Waals surface area contributed by atoms with E-state index in [2.05, 4.69) is 10.2 Å². The van der Waals surface area contributed by atoms with Crippen LogP contribution in [-0.2, 0) is 25.8 Å². The summed E-state index contributed by atoms with van der Waals surface area (Å²) in [6.45, 7) is 1.30. The highest BCUT2D eigenvalue weighted by Crippen LogP contribution is 2.55. The number of anilines is 2. The number of imide groups is 1. The van der Waals surface area contributed by atoms with Crippen LogP contribution in [0.15, 0.2) is 110 Å². The van der Waals surface area contributed by atoms with E-state index in [1.807, 2.05) is 49.3 Å². The quantitative estimate of drug-likeness (QED) is 0.158. The van der Waals surface area contributed by atoms with Gasteiger partial charge in [0.1, 0.15) is 18.1 Å². The highest BCUT2D eigenvalue weighted by atomic mass is 16.4. The summed E-state index contributed by atoms with van der Waals surface area (Å²) in [4.78, 5) is 57.9. The summed E-state index contributed by atoms with van der Waals surface area (Å²) in [6.07, 6.45) is 3.80. The summed E-state index contributed by atoms with van der Waals surface area (Å²) in [7, 11) is 3.93. The van der Waals surface area contributed by atoms with E-state index in [-0.39, 0.29) is 36.4 Å². The Hall–Kier alpha value is -5.22. The fraction of sp³-hybridized carbons (Fsp3) is 0.278. The molecule has 2 heterocycles. The third-order valence-corrected chi connectivity index (χ3v) is 9.44. The molecule has 0 radical (unpaired) electrons. The van der Waals surface area contributed by atoms with Gasteiger partial charge in [0, 0.05) is 36.5 Å². The molecule has 3 aliphatic carbocycles. The zero-order chi connectivity index (χ0) is 32.3. The number of rotatable bonds is 6. The molecule has 1 aromatic heterocycles. The number of aliphatic hydroxyl groups excluding tert-OH is 1. The monoisotopic (exact) mass is 616 g/mol. The van der Waals surface area contributed by atoms with Gasteiger partial charge in [-0.15, -0.1) is 0 Å². The Morgan fingerprint density at radius 2 is 1.57 bits per heavy atom. The normalized spacial score (nSPS) is 24.2. The Morgan fingerprint density at radius 1 is 0.891 bits per heavy atom. The van der Waals surface area contributed by atoms with Crippen molar-refractivity contribution in [1.82, 2.24) is 0 Å². The van der Waals surface area contributed by atoms with E-state index in [1.165, 1.54) is 11.0 Å². The fourth-order valence-electron chi connectivity index (χ4n) is 7.20. The molecule has 1 aliphatic heterocycles. The van der Waals surface area contributed by atoms with Crippen LogP contribution in [0.4, 0.5) is 22.7 Å². The Balaban J connectivity index is 1.18. The van der Waals surface area contributed by atoms with E-state index in [1.54, 1.807) is 43.3 Å². The Morgan fingerprint density at radius 3 is 2.20 bits per heavy atom. The minimum Gasteiger partial charge on any atom is -0.463 e. The number of benzene rings is 2. The lowest BCUT2D eigenvalue weighted by molar-refractivity contribution is -0.123. The molecule has 3 aromatic rings. The number of fused-ring (bicyclic) bond motifs is 3. The SMILES string of the molecule is CC1=CC(=O)C2=C(C[C@@H]3C(=CC[C@@H]4C(=O)N(c5ccc(N=Nc6ccc(N(C)C)cc6)cc5)C(=O)[C@@H]43)[C@@H]2c2ccc(CO)o2)C1=O. The first-order valence-electron chi connectivity index (χ1n) is 15.2. The van der Waals surface area contributed by atoms with Crippen LogP contribution in [0.2, 0.25) is 0 Å². The van der Waals surface area contributed by atoms with Crippen LogP contribution >= 0.6 is 0 Å². The predicted octanol–water partition coefficient (Wildman–Crippen LogP) is 5.89. The van der Waals surface area contributed by atoms with Gasteiger partial charge in [-0.25, -0.2) is 0 Å². The molecule has 1 saturated heterocycles. The lowest BCUT2D eigenvalue weighted by Gasteiger charge is -2.41. The molecule has 2 aromatic carbocycles. The molecule has 0 bridgehead atoms. The van der Waals surface area contributed by atoms with Crippen LogP contribution in [0, 0.1) is 17.8 Å². The summed E-state index contributed by atoms with van der Waals surface area (Å²) >= 11 is 0. The minimum absolute atomic E-state index is 0.184. The van der Waals surface area contributed by atoms with E-state index >= 15 is 0 Å². The van der Waals surface area contributed by atoms with E-state index in [4.69, 9.17) is 4.42 Å². The Bertz CT molecular complexity index is 1910. The van der Waals surface area contributed by atoms with Gasteiger partial charge in [-0.1, -0.05) is 11.6 Å². The molecule has 0 saturated carbocycles. The number of carbonyl (C=O) groups excluding carboxylic acids is 4. The van der Waals surface area contributed by atoms with Crippen LogP contribution in [0.25, 0.3) is 0 Å². The number of Topliss-reactive ketones (excluding diaryl/α,β-unsaturated/α-hetero) is 1. The van der Waals surface area contributed by atoms with Crippen molar-refractivity contribution < 1.29 is 28.7 Å². The number of aliphatic hydroxyl groups is 1. The van der Waals surface area contributed by atoms with Gasteiger partial charge in [0.15, 0.2) is 11.6 Å². The van der Waals surface area contributed by atoms with Crippen LogP contribution in [0.3, 0.4) is 0 Å². The molecule has 7 rings (SSSR count). The summed E-state index contributed by atoms with van der Waals surface area (Å²) in [5, 5.41) is 18.2. The maximum absolute atomic E-state index is 14.1. The van der Waals surface area contributed by atoms with Crippen molar-refractivity contribution in [1.29, 1.82) is 0 Å². The van der Waals surface area contributed by atoms with Crippen LogP contribution in [0.1, 0.15) is 37.2 Å². The largest absolute Gasteiger partial charge is 0.463 e. The number of hydrogen-bond acceptors (Lipinski definition) is 9. The molecule has 1 N–H and O–H groups in total. The lowest BCUT2D eigenvalue weighted by Crippen LogP contribution is -2.39. The van der Waals surface area contributed by atoms with E-state index in [0.717, 1.165) is 11.3 Å². The topological polar surface area (TPSA) is 133 Å². The van der Waals surface area contributed by atoms with Gasteiger partial charge in [-0.05, 0) is 92.4 Å². The first-order chi connectivity index (χ1) is 22.2. The minimum atomic E-state index is -0.699. The van der Waals surface area contributed by atoms with Crippen molar-refractivity contribution in [2.24, 2.45) is 28.0 Å². The summed E-state index contributed by atoms with van der Waals surface area (Å²) in [5.41, 5.74) is 4.61. The van der Waals surface area contributed by atoms with Crippen molar-refractivity contribution in [2.75, 3.05) is 23.9 Å². The molecule has 46 heavy (non-hydrogen) atoms. The third-order valence-electron chi connectivity index (χ3n) is 9.44. The standard InChI is InChI=1S/C36H32N4O6/c1-19-16-29(42)32-28(34(19)43)17-27-25(33(32)30-15-12-24(18-41)46-30)13-14-26-31(27)36(45)40(35(26)44)23-10-6-21(7-11-23)38-37-20-4-8-22(9-5-20)39(2)3/h4-13,15-16,26-27,31,33,41H,14,17-18H2,1-3H3/t26-,27+,31-,33+/m0/s1. The summed E-state index contributed by atoms with van der Waals surface area (Å²) in [5.74, 6) is -2.82. The zero-order valence-electron chi connectivity index (χ0n) is 25.6. The highest BCUT2D eigenvalue weighted by Gasteiger charge is 2.57. The molecule has 10 nitrogen and oxygen atoms in total. The van der Waals surface area contributed by atoms with Gasteiger partial charge in [-0.2, -0.15) is 10.2 Å².